The number of benzene rings is 1. The second-order valence-corrected chi connectivity index (χ2v) is 10.9. The first-order chi connectivity index (χ1) is 14.3. The van der Waals surface area contributed by atoms with E-state index in [1.54, 1.807) is 11.2 Å². The van der Waals surface area contributed by atoms with E-state index in [1.807, 2.05) is 40.7 Å². The molecular formula is C21H30N4O4S. The van der Waals surface area contributed by atoms with E-state index >= 15 is 0 Å². The highest BCUT2D eigenvalue weighted by molar-refractivity contribution is 7.91. The van der Waals surface area contributed by atoms with Crippen LogP contribution in [0.3, 0.4) is 0 Å². The Bertz CT molecular complexity index is 1020. The van der Waals surface area contributed by atoms with Crippen molar-refractivity contribution in [1.82, 2.24) is 19.4 Å². The molecule has 164 valence electrons. The minimum Gasteiger partial charge on any atom is -0.387 e. The Hall–Kier alpha value is -1.97. The number of amides is 1. The van der Waals surface area contributed by atoms with Gasteiger partial charge in [0.05, 0.1) is 47.6 Å². The number of hydrogen-bond acceptors (Lipinski definition) is 6. The van der Waals surface area contributed by atoms with E-state index in [0.717, 1.165) is 24.0 Å². The fourth-order valence-corrected chi connectivity index (χ4v) is 6.60. The zero-order chi connectivity index (χ0) is 21.4. The number of nitrogens with zero attached hydrogens (tertiary/aromatic N) is 4. The smallest absolute Gasteiger partial charge is 0.237 e. The molecule has 0 radical (unpaired) electrons. The van der Waals surface area contributed by atoms with Crippen LogP contribution >= 0.6 is 0 Å². The van der Waals surface area contributed by atoms with Gasteiger partial charge in [-0.05, 0) is 44.9 Å². The fraction of sp³-hybridized carbons (Fsp3) is 0.619. The largest absolute Gasteiger partial charge is 0.387 e. The molecule has 2 aliphatic heterocycles. The van der Waals surface area contributed by atoms with Crippen molar-refractivity contribution in [3.8, 4) is 0 Å². The molecule has 1 N–H and O–H groups in total. The van der Waals surface area contributed by atoms with Crippen LogP contribution in [0.25, 0.3) is 11.0 Å². The normalized spacial score (nSPS) is 26.8. The lowest BCUT2D eigenvalue weighted by Crippen LogP contribution is -2.54. The third kappa shape index (κ3) is 4.53. The van der Waals surface area contributed by atoms with Crippen LogP contribution < -0.4 is 0 Å². The van der Waals surface area contributed by atoms with Gasteiger partial charge in [-0.25, -0.2) is 13.4 Å². The number of aliphatic hydroxyl groups is 1. The van der Waals surface area contributed by atoms with Crippen LogP contribution in [0.4, 0.5) is 0 Å². The molecule has 4 rings (SSSR count). The highest BCUT2D eigenvalue weighted by Gasteiger charge is 2.37. The molecule has 0 bridgehead atoms. The molecule has 3 heterocycles. The predicted molar refractivity (Wildman–Crippen MR) is 115 cm³/mol. The van der Waals surface area contributed by atoms with Gasteiger partial charge in [-0.15, -0.1) is 0 Å². The predicted octanol–water partition coefficient (Wildman–Crippen LogP) is 0.899. The zero-order valence-corrected chi connectivity index (χ0v) is 18.2. The highest BCUT2D eigenvalue weighted by Crippen LogP contribution is 2.25. The van der Waals surface area contributed by atoms with E-state index in [2.05, 4.69) is 4.98 Å². The molecule has 0 spiro atoms. The Morgan fingerprint density at radius 1 is 1.37 bits per heavy atom. The first-order valence-electron chi connectivity index (χ1n) is 10.6. The molecular weight excluding hydrogens is 404 g/mol. The van der Waals surface area contributed by atoms with E-state index in [4.69, 9.17) is 0 Å². The number of para-hydroxylation sites is 2. The Kier molecular flexibility index (Phi) is 5.87. The van der Waals surface area contributed by atoms with Crippen molar-refractivity contribution in [1.29, 1.82) is 0 Å². The Morgan fingerprint density at radius 2 is 2.17 bits per heavy atom. The van der Waals surface area contributed by atoms with Gasteiger partial charge >= 0.3 is 0 Å². The molecule has 2 fully saturated rings. The molecule has 2 saturated heterocycles. The number of imidazole rings is 1. The van der Waals surface area contributed by atoms with Crippen molar-refractivity contribution in [2.24, 2.45) is 0 Å². The topological polar surface area (TPSA) is 95.7 Å². The van der Waals surface area contributed by atoms with Crippen molar-refractivity contribution >= 4 is 26.8 Å². The summed E-state index contributed by atoms with van der Waals surface area (Å²) < 4.78 is 25.6. The molecule has 0 saturated carbocycles. The van der Waals surface area contributed by atoms with Crippen LogP contribution in [0.1, 0.15) is 26.2 Å². The minimum atomic E-state index is -3.04. The van der Waals surface area contributed by atoms with Crippen LogP contribution in [0.2, 0.25) is 0 Å². The summed E-state index contributed by atoms with van der Waals surface area (Å²) in [6, 6.07) is 7.61. The van der Waals surface area contributed by atoms with Crippen LogP contribution in [-0.2, 0) is 21.2 Å². The first kappa shape index (κ1) is 21.3. The van der Waals surface area contributed by atoms with Crippen molar-refractivity contribution in [3.63, 3.8) is 0 Å². The minimum absolute atomic E-state index is 0.0584. The van der Waals surface area contributed by atoms with Gasteiger partial charge in [0.15, 0.2) is 9.84 Å². The monoisotopic (exact) mass is 434 g/mol. The lowest BCUT2D eigenvalue weighted by Gasteiger charge is -2.40. The average molecular weight is 435 g/mol. The molecule has 2 aliphatic rings. The van der Waals surface area contributed by atoms with E-state index in [0.29, 0.717) is 32.5 Å². The van der Waals surface area contributed by atoms with Crippen molar-refractivity contribution in [2.75, 3.05) is 37.7 Å². The number of β-amino-alcohol motifs (C(OH)–C–C–N with tert-alkyl or cyclic N) is 1. The lowest BCUT2D eigenvalue weighted by molar-refractivity contribution is -0.136. The molecule has 0 aliphatic carbocycles. The standard InChI is InChI=1S/C21H30N4O4S/c1-2-25(17-8-11-30(28,29)13-17)20(26)12-23-10-5-9-21(27,14-23)15-24-16-22-18-6-3-4-7-19(18)24/h3-4,6-7,16-17,27H,2,5,8-15H2,1H3. The van der Waals surface area contributed by atoms with Crippen LogP contribution in [0.15, 0.2) is 30.6 Å². The summed E-state index contributed by atoms with van der Waals surface area (Å²) in [5.41, 5.74) is 0.947. The number of carbonyl (C=O) groups is 1. The molecule has 1 aromatic carbocycles. The number of piperidine rings is 1. The van der Waals surface area contributed by atoms with Gasteiger partial charge in [-0.3, -0.25) is 9.69 Å². The van der Waals surface area contributed by atoms with Gasteiger partial charge in [-0.2, -0.15) is 0 Å². The van der Waals surface area contributed by atoms with Gasteiger partial charge in [-0.1, -0.05) is 12.1 Å². The van der Waals surface area contributed by atoms with Gasteiger partial charge in [0.1, 0.15) is 0 Å². The summed E-state index contributed by atoms with van der Waals surface area (Å²) >= 11 is 0. The van der Waals surface area contributed by atoms with E-state index in [-0.39, 0.29) is 30.0 Å². The van der Waals surface area contributed by atoms with Gasteiger partial charge in [0, 0.05) is 19.1 Å². The molecule has 8 nitrogen and oxygen atoms in total. The van der Waals surface area contributed by atoms with E-state index in [9.17, 15) is 18.3 Å². The maximum absolute atomic E-state index is 12.9. The quantitative estimate of drug-likeness (QED) is 0.726. The summed E-state index contributed by atoms with van der Waals surface area (Å²) in [5.74, 6) is 0.158. The van der Waals surface area contributed by atoms with E-state index < -0.39 is 15.4 Å². The Balaban J connectivity index is 1.41. The summed E-state index contributed by atoms with van der Waals surface area (Å²) in [5, 5.41) is 11.3. The van der Waals surface area contributed by atoms with Crippen LogP contribution in [-0.4, -0.2) is 88.1 Å². The summed E-state index contributed by atoms with van der Waals surface area (Å²) in [6.07, 6.45) is 3.74. The second-order valence-electron chi connectivity index (χ2n) is 8.64. The number of aromatic nitrogens is 2. The zero-order valence-electron chi connectivity index (χ0n) is 17.4. The number of carbonyl (C=O) groups excluding carboxylic acids is 1. The average Bonchev–Trinajstić information content (AvgIpc) is 3.25. The van der Waals surface area contributed by atoms with Crippen molar-refractivity contribution in [3.05, 3.63) is 30.6 Å². The van der Waals surface area contributed by atoms with Crippen molar-refractivity contribution in [2.45, 2.75) is 44.4 Å². The highest BCUT2D eigenvalue weighted by atomic mass is 32.2. The summed E-state index contributed by atoms with van der Waals surface area (Å²) in [7, 11) is -3.04. The van der Waals surface area contributed by atoms with Crippen molar-refractivity contribution < 1.29 is 18.3 Å². The molecule has 2 aromatic rings. The Labute approximate surface area is 177 Å². The van der Waals surface area contributed by atoms with Crippen LogP contribution in [0, 0.1) is 0 Å². The SMILES string of the molecule is CCN(C(=O)CN1CCCC(O)(Cn2cnc3ccccc32)C1)C1CCS(=O)(=O)C1. The molecule has 30 heavy (non-hydrogen) atoms. The lowest BCUT2D eigenvalue weighted by atomic mass is 9.92. The molecule has 1 aromatic heterocycles. The molecule has 2 atom stereocenters. The van der Waals surface area contributed by atoms with E-state index in [1.165, 1.54) is 0 Å². The fourth-order valence-electron chi connectivity index (χ4n) is 4.86. The third-order valence-corrected chi connectivity index (χ3v) is 8.05. The maximum Gasteiger partial charge on any atom is 0.237 e. The summed E-state index contributed by atoms with van der Waals surface area (Å²) in [4.78, 5) is 21.0. The van der Waals surface area contributed by atoms with Gasteiger partial charge < -0.3 is 14.6 Å². The number of hydrogen-bond donors (Lipinski definition) is 1. The van der Waals surface area contributed by atoms with Crippen LogP contribution in [0.5, 0.6) is 0 Å². The maximum atomic E-state index is 12.9. The number of sulfone groups is 1. The van der Waals surface area contributed by atoms with Gasteiger partial charge in [0.2, 0.25) is 5.91 Å². The number of fused-ring (bicyclic) bond motifs is 1. The third-order valence-electron chi connectivity index (χ3n) is 6.30. The Morgan fingerprint density at radius 3 is 2.90 bits per heavy atom. The molecule has 1 amide bonds. The number of likely N-dealkylation sites (N-methyl/N-ethyl adjacent to an activating group) is 1. The summed E-state index contributed by atoms with van der Waals surface area (Å²) in [6.45, 7) is 4.18. The molecule has 9 heteroatoms. The number of likely N-dealkylation sites (tertiary alicyclic amines) is 1. The molecule has 2 unspecified atom stereocenters. The first-order valence-corrected chi connectivity index (χ1v) is 12.5. The van der Waals surface area contributed by atoms with Gasteiger partial charge in [0.25, 0.3) is 0 Å². The second kappa shape index (κ2) is 8.28. The number of rotatable bonds is 6.